The van der Waals surface area contributed by atoms with Gasteiger partial charge in [-0.25, -0.2) is 0 Å². The van der Waals surface area contributed by atoms with Gasteiger partial charge in [0.15, 0.2) is 0 Å². The second-order valence-electron chi connectivity index (χ2n) is 1.94. The Morgan fingerprint density at radius 1 is 1.40 bits per heavy atom. The molecular formula is C8H14N2. The van der Waals surface area contributed by atoms with E-state index in [1.165, 1.54) is 0 Å². The molecule has 0 aliphatic rings. The van der Waals surface area contributed by atoms with E-state index in [1.807, 2.05) is 32.9 Å². The van der Waals surface area contributed by atoms with Crippen LogP contribution >= 0.6 is 0 Å². The number of nitrogens with two attached hydrogens (primary N) is 1. The van der Waals surface area contributed by atoms with Crippen molar-refractivity contribution in [2.75, 3.05) is 0 Å². The summed E-state index contributed by atoms with van der Waals surface area (Å²) in [6.07, 6.45) is 5.43. The van der Waals surface area contributed by atoms with Crippen molar-refractivity contribution in [3.63, 3.8) is 0 Å². The summed E-state index contributed by atoms with van der Waals surface area (Å²) in [6.45, 7) is 5.70. The summed E-state index contributed by atoms with van der Waals surface area (Å²) in [7, 11) is 0. The second-order valence-corrected chi connectivity index (χ2v) is 1.94. The monoisotopic (exact) mass is 138 g/mol. The van der Waals surface area contributed by atoms with Gasteiger partial charge in [-0.2, -0.15) is 0 Å². The molecule has 0 amide bonds. The molecule has 0 saturated heterocycles. The highest BCUT2D eigenvalue weighted by molar-refractivity contribution is 5.97. The lowest BCUT2D eigenvalue weighted by molar-refractivity contribution is 1.38. The summed E-state index contributed by atoms with van der Waals surface area (Å²) in [6, 6.07) is 0. The molecular weight excluding hydrogens is 124 g/mol. The molecule has 2 nitrogen and oxygen atoms in total. The first-order chi connectivity index (χ1) is 4.72. The van der Waals surface area contributed by atoms with Gasteiger partial charge < -0.3 is 5.73 Å². The van der Waals surface area contributed by atoms with Crippen LogP contribution in [0.25, 0.3) is 0 Å². The van der Waals surface area contributed by atoms with Crippen LogP contribution in [0.5, 0.6) is 0 Å². The van der Waals surface area contributed by atoms with E-state index in [-0.39, 0.29) is 0 Å². The lowest BCUT2D eigenvalue weighted by atomic mass is 10.3. The van der Waals surface area contributed by atoms with E-state index in [0.29, 0.717) is 0 Å². The maximum atomic E-state index is 5.55. The Kier molecular flexibility index (Phi) is 4.29. The zero-order chi connectivity index (χ0) is 7.98. The first-order valence-corrected chi connectivity index (χ1v) is 3.30. The largest absolute Gasteiger partial charge is 0.398 e. The van der Waals surface area contributed by atoms with Crippen LogP contribution in [0.15, 0.2) is 29.0 Å². The highest BCUT2D eigenvalue weighted by Crippen LogP contribution is 1.89. The summed E-state index contributed by atoms with van der Waals surface area (Å²) in [4.78, 5) is 4.06. The summed E-state index contributed by atoms with van der Waals surface area (Å²) >= 11 is 0. The van der Waals surface area contributed by atoms with Crippen LogP contribution in [0.2, 0.25) is 0 Å². The minimum Gasteiger partial charge on any atom is -0.398 e. The van der Waals surface area contributed by atoms with Crippen molar-refractivity contribution in [1.82, 2.24) is 0 Å². The SMILES string of the molecule is CC=C(N)C(C)=N/C=C\C. The predicted octanol–water partition coefficient (Wildman–Crippen LogP) is 1.84. The van der Waals surface area contributed by atoms with E-state index < -0.39 is 0 Å². The van der Waals surface area contributed by atoms with Crippen molar-refractivity contribution in [3.8, 4) is 0 Å². The van der Waals surface area contributed by atoms with E-state index in [4.69, 9.17) is 5.73 Å². The molecule has 0 aromatic heterocycles. The van der Waals surface area contributed by atoms with Gasteiger partial charge in [0.05, 0.1) is 5.71 Å². The minimum atomic E-state index is 0.734. The van der Waals surface area contributed by atoms with Crippen molar-refractivity contribution in [3.05, 3.63) is 24.0 Å². The van der Waals surface area contributed by atoms with Crippen LogP contribution in [-0.2, 0) is 0 Å². The van der Waals surface area contributed by atoms with Crippen LogP contribution < -0.4 is 5.73 Å². The van der Waals surface area contributed by atoms with Gasteiger partial charge in [0.1, 0.15) is 0 Å². The Morgan fingerprint density at radius 3 is 2.40 bits per heavy atom. The van der Waals surface area contributed by atoms with Crippen molar-refractivity contribution in [2.45, 2.75) is 20.8 Å². The standard InChI is InChI=1S/C8H14N2/c1-4-6-10-7(3)8(9)5-2/h4-6H,9H2,1-3H3/b6-4-,8-5?,10-7?. The molecule has 2 N–H and O–H groups in total. The molecule has 0 unspecified atom stereocenters. The topological polar surface area (TPSA) is 38.4 Å². The first-order valence-electron chi connectivity index (χ1n) is 3.30. The molecule has 56 valence electrons. The third-order valence-corrected chi connectivity index (χ3v) is 1.15. The first kappa shape index (κ1) is 8.95. The Hall–Kier alpha value is -1.05. The van der Waals surface area contributed by atoms with Gasteiger partial charge in [0.25, 0.3) is 0 Å². The van der Waals surface area contributed by atoms with E-state index in [9.17, 15) is 0 Å². The maximum Gasteiger partial charge on any atom is 0.0598 e. The number of hydrogen-bond donors (Lipinski definition) is 1. The van der Waals surface area contributed by atoms with Crippen molar-refractivity contribution in [2.24, 2.45) is 10.7 Å². The molecule has 0 rings (SSSR count). The molecule has 0 aromatic rings. The van der Waals surface area contributed by atoms with E-state index in [2.05, 4.69) is 4.99 Å². The minimum absolute atomic E-state index is 0.734. The van der Waals surface area contributed by atoms with Crippen molar-refractivity contribution in [1.29, 1.82) is 0 Å². The predicted molar refractivity (Wildman–Crippen MR) is 45.9 cm³/mol. The van der Waals surface area contributed by atoms with E-state index in [0.717, 1.165) is 11.4 Å². The van der Waals surface area contributed by atoms with Crippen LogP contribution in [0.1, 0.15) is 20.8 Å². The van der Waals surface area contributed by atoms with Gasteiger partial charge in [0, 0.05) is 11.9 Å². The molecule has 0 radical (unpaired) electrons. The molecule has 0 aliphatic carbocycles. The van der Waals surface area contributed by atoms with Gasteiger partial charge in [-0.15, -0.1) is 0 Å². The fourth-order valence-electron chi connectivity index (χ4n) is 0.470. The number of allylic oxidation sites excluding steroid dienone is 3. The summed E-state index contributed by atoms with van der Waals surface area (Å²) in [5.41, 5.74) is 7.15. The summed E-state index contributed by atoms with van der Waals surface area (Å²) < 4.78 is 0. The lowest BCUT2D eigenvalue weighted by Crippen LogP contribution is -2.06. The van der Waals surface area contributed by atoms with Gasteiger partial charge in [-0.3, -0.25) is 4.99 Å². The van der Waals surface area contributed by atoms with Crippen molar-refractivity contribution < 1.29 is 0 Å². The molecule has 0 heterocycles. The molecule has 0 atom stereocenters. The zero-order valence-corrected chi connectivity index (χ0v) is 6.76. The average Bonchev–Trinajstić information content (AvgIpc) is 1.98. The van der Waals surface area contributed by atoms with E-state index >= 15 is 0 Å². The van der Waals surface area contributed by atoms with Gasteiger partial charge in [-0.05, 0) is 20.8 Å². The lowest BCUT2D eigenvalue weighted by Gasteiger charge is -1.95. The van der Waals surface area contributed by atoms with Gasteiger partial charge >= 0.3 is 0 Å². The molecule has 0 saturated carbocycles. The second kappa shape index (κ2) is 4.79. The van der Waals surface area contributed by atoms with Gasteiger partial charge in [0.2, 0.25) is 0 Å². The fourth-order valence-corrected chi connectivity index (χ4v) is 0.470. The summed E-state index contributed by atoms with van der Waals surface area (Å²) in [5, 5.41) is 0. The third-order valence-electron chi connectivity index (χ3n) is 1.15. The Balaban J connectivity index is 4.19. The number of rotatable bonds is 2. The number of hydrogen-bond acceptors (Lipinski definition) is 2. The van der Waals surface area contributed by atoms with Crippen LogP contribution in [0, 0.1) is 0 Å². The highest BCUT2D eigenvalue weighted by Gasteiger charge is 1.89. The van der Waals surface area contributed by atoms with Crippen molar-refractivity contribution >= 4 is 5.71 Å². The molecule has 0 aliphatic heterocycles. The summed E-state index contributed by atoms with van der Waals surface area (Å²) in [5.74, 6) is 0. The normalized spacial score (nSPS) is 14.7. The number of aliphatic imine (C=N–C) groups is 1. The quantitative estimate of drug-likeness (QED) is 0.581. The van der Waals surface area contributed by atoms with Crippen LogP contribution in [0.3, 0.4) is 0 Å². The molecule has 0 spiro atoms. The zero-order valence-electron chi connectivity index (χ0n) is 6.76. The van der Waals surface area contributed by atoms with E-state index in [1.54, 1.807) is 6.20 Å². The van der Waals surface area contributed by atoms with Crippen LogP contribution in [0.4, 0.5) is 0 Å². The molecule has 0 bridgehead atoms. The Morgan fingerprint density at radius 2 is 2.00 bits per heavy atom. The smallest absolute Gasteiger partial charge is 0.0598 e. The molecule has 0 fully saturated rings. The Labute approximate surface area is 62.1 Å². The number of nitrogens with zero attached hydrogens (tertiary/aromatic N) is 1. The molecule has 0 aromatic carbocycles. The third kappa shape index (κ3) is 3.07. The van der Waals surface area contributed by atoms with Crippen LogP contribution in [-0.4, -0.2) is 5.71 Å². The fraction of sp³-hybridized carbons (Fsp3) is 0.375. The maximum absolute atomic E-state index is 5.55. The highest BCUT2D eigenvalue weighted by atomic mass is 14.7. The average molecular weight is 138 g/mol. The van der Waals surface area contributed by atoms with Gasteiger partial charge in [-0.1, -0.05) is 12.2 Å². The molecule has 2 heteroatoms. The Bertz CT molecular complexity index is 176. The molecule has 10 heavy (non-hydrogen) atoms.